The van der Waals surface area contributed by atoms with Gasteiger partial charge in [-0.25, -0.2) is 4.79 Å². The first-order chi connectivity index (χ1) is 17.0. The maximum Gasteiger partial charge on any atom is 0.408 e. The van der Waals surface area contributed by atoms with Crippen LogP contribution in [0, 0.1) is 5.92 Å². The summed E-state index contributed by atoms with van der Waals surface area (Å²) >= 11 is 0. The number of rotatable bonds is 8. The molecule has 2 aromatic rings. The number of likely N-dealkylation sites (tertiary alicyclic amines) is 1. The number of amides is 4. The Bertz CT molecular complexity index is 1100. The molecule has 4 amide bonds. The Kier molecular flexibility index (Phi) is 8.68. The molecule has 2 aromatic carbocycles. The van der Waals surface area contributed by atoms with Crippen LogP contribution in [0.15, 0.2) is 54.6 Å². The lowest BCUT2D eigenvalue weighted by atomic mass is 10.1. The zero-order valence-corrected chi connectivity index (χ0v) is 21.2. The van der Waals surface area contributed by atoms with E-state index in [1.54, 1.807) is 49.9 Å². The molecule has 0 aliphatic carbocycles. The van der Waals surface area contributed by atoms with Gasteiger partial charge in [0.15, 0.2) is 0 Å². The maximum atomic E-state index is 12.9. The minimum atomic E-state index is -0.681. The van der Waals surface area contributed by atoms with E-state index in [4.69, 9.17) is 4.74 Å². The van der Waals surface area contributed by atoms with Gasteiger partial charge in [0.2, 0.25) is 17.7 Å². The molecule has 0 radical (unpaired) electrons. The Morgan fingerprint density at radius 1 is 1.03 bits per heavy atom. The van der Waals surface area contributed by atoms with Gasteiger partial charge in [0, 0.05) is 25.2 Å². The van der Waals surface area contributed by atoms with Crippen molar-refractivity contribution in [2.45, 2.75) is 52.3 Å². The monoisotopic (exact) mass is 494 g/mol. The summed E-state index contributed by atoms with van der Waals surface area (Å²) in [5.41, 5.74) is 1.59. The van der Waals surface area contributed by atoms with Gasteiger partial charge in [0.05, 0.1) is 12.0 Å². The van der Waals surface area contributed by atoms with Crippen molar-refractivity contribution in [3.63, 3.8) is 0 Å². The van der Waals surface area contributed by atoms with Crippen LogP contribution in [0.5, 0.6) is 0 Å². The average molecular weight is 495 g/mol. The minimum Gasteiger partial charge on any atom is -0.444 e. The van der Waals surface area contributed by atoms with Crippen molar-refractivity contribution < 1.29 is 23.9 Å². The molecule has 0 spiro atoms. The number of hydrogen-bond acceptors (Lipinski definition) is 5. The fourth-order valence-electron chi connectivity index (χ4n) is 3.98. The van der Waals surface area contributed by atoms with Gasteiger partial charge in [-0.15, -0.1) is 0 Å². The van der Waals surface area contributed by atoms with Crippen molar-refractivity contribution >= 4 is 29.5 Å². The molecule has 9 heteroatoms. The van der Waals surface area contributed by atoms with Gasteiger partial charge in [-0.2, -0.15) is 0 Å². The molecule has 192 valence electrons. The number of carbonyl (C=O) groups excluding carboxylic acids is 4. The van der Waals surface area contributed by atoms with E-state index in [1.165, 1.54) is 0 Å². The highest BCUT2D eigenvalue weighted by atomic mass is 16.6. The quantitative estimate of drug-likeness (QED) is 0.520. The third-order valence-electron chi connectivity index (χ3n) is 5.82. The first kappa shape index (κ1) is 26.7. The summed E-state index contributed by atoms with van der Waals surface area (Å²) in [4.78, 5) is 51.3. The van der Waals surface area contributed by atoms with E-state index in [0.717, 1.165) is 5.56 Å². The molecule has 3 N–H and O–H groups in total. The summed E-state index contributed by atoms with van der Waals surface area (Å²) in [5, 5.41) is 8.05. The fraction of sp³-hybridized carbons (Fsp3) is 0.407. The van der Waals surface area contributed by atoms with Crippen LogP contribution >= 0.6 is 0 Å². The topological polar surface area (TPSA) is 117 Å². The van der Waals surface area contributed by atoms with Gasteiger partial charge in [0.1, 0.15) is 12.1 Å². The number of benzene rings is 2. The first-order valence-corrected chi connectivity index (χ1v) is 12.0. The first-order valence-electron chi connectivity index (χ1n) is 12.0. The Morgan fingerprint density at radius 2 is 1.69 bits per heavy atom. The van der Waals surface area contributed by atoms with E-state index in [9.17, 15) is 19.2 Å². The van der Waals surface area contributed by atoms with Crippen LogP contribution in [0.3, 0.4) is 0 Å². The predicted octanol–water partition coefficient (Wildman–Crippen LogP) is 3.38. The lowest BCUT2D eigenvalue weighted by Crippen LogP contribution is -2.37. The van der Waals surface area contributed by atoms with Crippen molar-refractivity contribution in [1.29, 1.82) is 0 Å². The molecule has 1 aliphatic rings. The van der Waals surface area contributed by atoms with Crippen molar-refractivity contribution in [1.82, 2.24) is 15.5 Å². The SMILES string of the molecule is CC(c1ccccc1)N1CC(C(=O)NCc2ccccc2NC(=O)CNC(=O)OC(C)(C)C)CC1=O. The lowest BCUT2D eigenvalue weighted by molar-refractivity contribution is -0.130. The Labute approximate surface area is 211 Å². The van der Waals surface area contributed by atoms with Gasteiger partial charge < -0.3 is 25.6 Å². The zero-order chi connectivity index (χ0) is 26.3. The molecular formula is C27H34N4O5. The van der Waals surface area contributed by atoms with Crippen molar-refractivity contribution in [3.05, 3.63) is 65.7 Å². The number of anilines is 1. The summed E-state index contributed by atoms with van der Waals surface area (Å²) in [5.74, 6) is -1.12. The normalized spacial score (nSPS) is 16.3. The molecule has 1 saturated heterocycles. The third kappa shape index (κ3) is 7.56. The molecule has 3 rings (SSSR count). The number of alkyl carbamates (subject to hydrolysis) is 1. The van der Waals surface area contributed by atoms with Crippen molar-refractivity contribution in [2.75, 3.05) is 18.4 Å². The van der Waals surface area contributed by atoms with E-state index in [2.05, 4.69) is 16.0 Å². The summed E-state index contributed by atoms with van der Waals surface area (Å²) in [7, 11) is 0. The molecular weight excluding hydrogens is 460 g/mol. The highest BCUT2D eigenvalue weighted by Crippen LogP contribution is 2.28. The largest absolute Gasteiger partial charge is 0.444 e. The van der Waals surface area contributed by atoms with E-state index < -0.39 is 23.5 Å². The number of nitrogens with zero attached hydrogens (tertiary/aromatic N) is 1. The Morgan fingerprint density at radius 3 is 2.39 bits per heavy atom. The number of para-hydroxylation sites is 1. The molecule has 9 nitrogen and oxygen atoms in total. The van der Waals surface area contributed by atoms with E-state index >= 15 is 0 Å². The molecule has 0 bridgehead atoms. The zero-order valence-electron chi connectivity index (χ0n) is 21.2. The second-order valence-electron chi connectivity index (χ2n) is 9.81. The summed E-state index contributed by atoms with van der Waals surface area (Å²) < 4.78 is 5.13. The molecule has 2 atom stereocenters. The van der Waals surface area contributed by atoms with Gasteiger partial charge in [-0.3, -0.25) is 14.4 Å². The molecule has 1 aliphatic heterocycles. The second kappa shape index (κ2) is 11.7. The highest BCUT2D eigenvalue weighted by molar-refractivity contribution is 5.94. The number of hydrogen-bond donors (Lipinski definition) is 3. The van der Waals surface area contributed by atoms with Gasteiger partial charge in [-0.05, 0) is 44.9 Å². The van der Waals surface area contributed by atoms with Gasteiger partial charge in [0.25, 0.3) is 0 Å². The predicted molar refractivity (Wildman–Crippen MR) is 136 cm³/mol. The maximum absolute atomic E-state index is 12.9. The lowest BCUT2D eigenvalue weighted by Gasteiger charge is -2.25. The van der Waals surface area contributed by atoms with Crippen LogP contribution in [-0.2, 0) is 25.7 Å². The Balaban J connectivity index is 1.52. The number of carbonyl (C=O) groups is 4. The number of nitrogens with one attached hydrogen (secondary N) is 3. The average Bonchev–Trinajstić information content (AvgIpc) is 3.22. The third-order valence-corrected chi connectivity index (χ3v) is 5.82. The van der Waals surface area contributed by atoms with Crippen LogP contribution in [0.1, 0.15) is 51.3 Å². The summed E-state index contributed by atoms with van der Waals surface area (Å²) in [6, 6.07) is 16.7. The van der Waals surface area contributed by atoms with Crippen LogP contribution in [-0.4, -0.2) is 47.4 Å². The Hall–Kier alpha value is -3.88. The summed E-state index contributed by atoms with van der Waals surface area (Å²) in [6.45, 7) is 7.46. The number of ether oxygens (including phenoxy) is 1. The summed E-state index contributed by atoms with van der Waals surface area (Å²) in [6.07, 6.45) is -0.516. The molecule has 2 unspecified atom stereocenters. The molecule has 0 aromatic heterocycles. The van der Waals surface area contributed by atoms with Gasteiger partial charge >= 0.3 is 6.09 Å². The minimum absolute atomic E-state index is 0.0448. The molecule has 0 saturated carbocycles. The smallest absolute Gasteiger partial charge is 0.408 e. The van der Waals surface area contributed by atoms with E-state index in [0.29, 0.717) is 17.8 Å². The van der Waals surface area contributed by atoms with Crippen LogP contribution in [0.25, 0.3) is 0 Å². The van der Waals surface area contributed by atoms with Crippen molar-refractivity contribution in [2.24, 2.45) is 5.92 Å². The molecule has 1 fully saturated rings. The van der Waals surface area contributed by atoms with Gasteiger partial charge in [-0.1, -0.05) is 48.5 Å². The van der Waals surface area contributed by atoms with Crippen LogP contribution in [0.4, 0.5) is 10.5 Å². The standard InChI is InChI=1S/C27H34N4O5/c1-18(19-10-6-5-7-11-19)31-17-21(14-24(31)33)25(34)28-15-20-12-8-9-13-22(20)30-23(32)16-29-26(35)36-27(2,3)4/h5-13,18,21H,14-17H2,1-4H3,(H,28,34)(H,29,35)(H,30,32). The highest BCUT2D eigenvalue weighted by Gasteiger charge is 2.36. The second-order valence-corrected chi connectivity index (χ2v) is 9.81. The molecule has 1 heterocycles. The van der Waals surface area contributed by atoms with Crippen LogP contribution < -0.4 is 16.0 Å². The van der Waals surface area contributed by atoms with Crippen molar-refractivity contribution in [3.8, 4) is 0 Å². The van der Waals surface area contributed by atoms with E-state index in [1.807, 2.05) is 37.3 Å². The van der Waals surface area contributed by atoms with E-state index in [-0.39, 0.29) is 37.4 Å². The fourth-order valence-corrected chi connectivity index (χ4v) is 3.98. The van der Waals surface area contributed by atoms with Crippen LogP contribution in [0.2, 0.25) is 0 Å². The molecule has 36 heavy (non-hydrogen) atoms.